The van der Waals surface area contributed by atoms with Gasteiger partial charge in [0.25, 0.3) is 11.7 Å². The predicted octanol–water partition coefficient (Wildman–Crippen LogP) is 4.81. The molecule has 1 aliphatic rings. The molecule has 0 aliphatic heterocycles. The van der Waals surface area contributed by atoms with Crippen LogP contribution in [0.5, 0.6) is 0 Å². The van der Waals surface area contributed by atoms with Crippen LogP contribution in [0.1, 0.15) is 47.0 Å². The van der Waals surface area contributed by atoms with Gasteiger partial charge in [-0.25, -0.2) is 13.8 Å². The van der Waals surface area contributed by atoms with Crippen molar-refractivity contribution in [2.45, 2.75) is 25.2 Å². The standard InChI is InChI=1S/C16H11ClF2N2O2/c17-15(22)14-13(16(18)19)12-10(2-1-3-11(12)23-14)21-6-9(20-7-21)8-4-5-8/h1-3,6-8,16H,4-5H2. The Kier molecular flexibility index (Phi) is 3.23. The fourth-order valence-corrected chi connectivity index (χ4v) is 2.92. The summed E-state index contributed by atoms with van der Waals surface area (Å²) in [7, 11) is 0. The summed E-state index contributed by atoms with van der Waals surface area (Å²) in [5.41, 5.74) is 1.16. The molecule has 0 amide bonds. The Labute approximate surface area is 134 Å². The lowest BCUT2D eigenvalue weighted by Gasteiger charge is -2.06. The first-order valence-corrected chi connectivity index (χ1v) is 7.51. The van der Waals surface area contributed by atoms with E-state index in [4.69, 9.17) is 16.0 Å². The third kappa shape index (κ3) is 2.34. The van der Waals surface area contributed by atoms with Gasteiger partial charge in [-0.3, -0.25) is 4.79 Å². The number of fused-ring (bicyclic) bond motifs is 1. The first kappa shape index (κ1) is 14.4. The van der Waals surface area contributed by atoms with Gasteiger partial charge in [-0.1, -0.05) is 6.07 Å². The van der Waals surface area contributed by atoms with Gasteiger partial charge < -0.3 is 8.98 Å². The summed E-state index contributed by atoms with van der Waals surface area (Å²) >= 11 is 5.39. The quantitative estimate of drug-likeness (QED) is 0.642. The van der Waals surface area contributed by atoms with Crippen LogP contribution in [0, 0.1) is 0 Å². The molecule has 0 N–H and O–H groups in total. The number of benzene rings is 1. The van der Waals surface area contributed by atoms with Gasteiger partial charge >= 0.3 is 0 Å². The number of hydrogen-bond donors (Lipinski definition) is 0. The number of nitrogens with zero attached hydrogens (tertiary/aromatic N) is 2. The summed E-state index contributed by atoms with van der Waals surface area (Å²) in [6.45, 7) is 0. The van der Waals surface area contributed by atoms with Crippen LogP contribution < -0.4 is 0 Å². The van der Waals surface area contributed by atoms with Gasteiger partial charge in [-0.2, -0.15) is 0 Å². The average Bonchev–Trinajstić information content (AvgIpc) is 3.11. The molecule has 0 atom stereocenters. The fourth-order valence-electron chi connectivity index (χ4n) is 2.78. The Morgan fingerprint density at radius 3 is 2.83 bits per heavy atom. The Morgan fingerprint density at radius 1 is 1.39 bits per heavy atom. The number of carbonyl (C=O) groups is 1. The Bertz CT molecular complexity index is 912. The number of halogens is 3. The van der Waals surface area contributed by atoms with E-state index in [1.807, 2.05) is 6.20 Å². The van der Waals surface area contributed by atoms with Crippen LogP contribution >= 0.6 is 11.6 Å². The maximum absolute atomic E-state index is 13.5. The van der Waals surface area contributed by atoms with E-state index >= 15 is 0 Å². The number of aromatic nitrogens is 2. The van der Waals surface area contributed by atoms with Gasteiger partial charge in [0.2, 0.25) is 0 Å². The molecular formula is C16H11ClF2N2O2. The normalized spacial score (nSPS) is 14.8. The highest BCUT2D eigenvalue weighted by atomic mass is 35.5. The zero-order valence-electron chi connectivity index (χ0n) is 11.8. The lowest BCUT2D eigenvalue weighted by atomic mass is 10.1. The number of rotatable bonds is 4. The van der Waals surface area contributed by atoms with Crippen LogP contribution in [0.25, 0.3) is 16.7 Å². The average molecular weight is 337 g/mol. The van der Waals surface area contributed by atoms with Gasteiger partial charge in [-0.15, -0.1) is 0 Å². The molecule has 1 saturated carbocycles. The SMILES string of the molecule is O=C(Cl)c1oc2cccc(-n3cnc(C4CC4)c3)c2c1C(F)F. The monoisotopic (exact) mass is 336 g/mol. The summed E-state index contributed by atoms with van der Waals surface area (Å²) in [5, 5.41) is -0.849. The lowest BCUT2D eigenvalue weighted by molar-refractivity contribution is 0.104. The molecule has 0 saturated heterocycles. The topological polar surface area (TPSA) is 48.0 Å². The molecule has 2 aromatic heterocycles. The minimum Gasteiger partial charge on any atom is -0.451 e. The zero-order chi connectivity index (χ0) is 16.1. The summed E-state index contributed by atoms with van der Waals surface area (Å²) in [6.07, 6.45) is 2.74. The van der Waals surface area contributed by atoms with Crippen LogP contribution in [0.2, 0.25) is 0 Å². The van der Waals surface area contributed by atoms with Crippen LogP contribution in [0.4, 0.5) is 8.78 Å². The molecule has 7 heteroatoms. The third-order valence-corrected chi connectivity index (χ3v) is 4.17. The van der Waals surface area contributed by atoms with Crippen molar-refractivity contribution in [3.8, 4) is 5.69 Å². The number of alkyl halides is 2. The van der Waals surface area contributed by atoms with Crippen molar-refractivity contribution >= 4 is 27.8 Å². The minimum absolute atomic E-state index is 0.186. The van der Waals surface area contributed by atoms with Crippen molar-refractivity contribution in [2.24, 2.45) is 0 Å². The maximum atomic E-state index is 13.5. The van der Waals surface area contributed by atoms with Crippen molar-refractivity contribution in [2.75, 3.05) is 0 Å². The van der Waals surface area contributed by atoms with Crippen molar-refractivity contribution in [1.82, 2.24) is 9.55 Å². The smallest absolute Gasteiger partial charge is 0.288 e. The summed E-state index contributed by atoms with van der Waals surface area (Å²) in [5.74, 6) is -0.0546. The molecule has 1 aliphatic carbocycles. The van der Waals surface area contributed by atoms with Gasteiger partial charge in [0.1, 0.15) is 5.58 Å². The number of carbonyl (C=O) groups excluding carboxylic acids is 1. The molecule has 118 valence electrons. The van der Waals surface area contributed by atoms with Gasteiger partial charge in [-0.05, 0) is 36.6 Å². The molecule has 0 radical (unpaired) electrons. The van der Waals surface area contributed by atoms with Crippen LogP contribution in [0.3, 0.4) is 0 Å². The van der Waals surface area contributed by atoms with Crippen molar-refractivity contribution in [1.29, 1.82) is 0 Å². The second-order valence-electron chi connectivity index (χ2n) is 5.55. The first-order valence-electron chi connectivity index (χ1n) is 7.14. The highest BCUT2D eigenvalue weighted by Gasteiger charge is 2.29. The molecule has 4 nitrogen and oxygen atoms in total. The highest BCUT2D eigenvalue weighted by Crippen LogP contribution is 2.41. The van der Waals surface area contributed by atoms with E-state index in [-0.39, 0.29) is 11.0 Å². The Balaban J connectivity index is 1.96. The molecule has 0 spiro atoms. The molecule has 4 rings (SSSR count). The highest BCUT2D eigenvalue weighted by molar-refractivity contribution is 6.67. The molecule has 0 unspecified atom stereocenters. The summed E-state index contributed by atoms with van der Waals surface area (Å²) in [6, 6.07) is 4.90. The summed E-state index contributed by atoms with van der Waals surface area (Å²) in [4.78, 5) is 15.7. The van der Waals surface area contributed by atoms with E-state index in [1.54, 1.807) is 23.0 Å². The van der Waals surface area contributed by atoms with Crippen LogP contribution in [-0.4, -0.2) is 14.8 Å². The number of imidazole rings is 1. The van der Waals surface area contributed by atoms with E-state index in [0.717, 1.165) is 18.5 Å². The first-order chi connectivity index (χ1) is 11.1. The van der Waals surface area contributed by atoms with E-state index in [9.17, 15) is 13.6 Å². The van der Waals surface area contributed by atoms with Gasteiger partial charge in [0, 0.05) is 12.1 Å². The maximum Gasteiger partial charge on any atom is 0.288 e. The number of hydrogen-bond acceptors (Lipinski definition) is 3. The largest absolute Gasteiger partial charge is 0.451 e. The van der Waals surface area contributed by atoms with E-state index in [1.165, 1.54) is 6.07 Å². The van der Waals surface area contributed by atoms with Gasteiger partial charge in [0.05, 0.1) is 28.7 Å². The van der Waals surface area contributed by atoms with E-state index in [2.05, 4.69) is 4.98 Å². The van der Waals surface area contributed by atoms with Crippen molar-refractivity contribution < 1.29 is 18.0 Å². The number of furan rings is 1. The molecule has 1 aromatic carbocycles. The van der Waals surface area contributed by atoms with Crippen LogP contribution in [-0.2, 0) is 0 Å². The molecule has 0 bridgehead atoms. The molecule has 2 heterocycles. The molecule has 1 fully saturated rings. The van der Waals surface area contributed by atoms with Crippen molar-refractivity contribution in [3.63, 3.8) is 0 Å². The molecule has 3 aromatic rings. The van der Waals surface area contributed by atoms with E-state index in [0.29, 0.717) is 11.6 Å². The van der Waals surface area contributed by atoms with Gasteiger partial charge in [0.15, 0.2) is 5.76 Å². The van der Waals surface area contributed by atoms with Crippen molar-refractivity contribution in [3.05, 3.63) is 47.7 Å². The molecular weight excluding hydrogens is 326 g/mol. The zero-order valence-corrected chi connectivity index (χ0v) is 12.6. The fraction of sp³-hybridized carbons (Fsp3) is 0.250. The Hall–Kier alpha value is -2.21. The minimum atomic E-state index is -2.87. The lowest BCUT2D eigenvalue weighted by Crippen LogP contribution is -1.97. The Morgan fingerprint density at radius 2 is 2.17 bits per heavy atom. The second-order valence-corrected chi connectivity index (χ2v) is 5.89. The summed E-state index contributed by atoms with van der Waals surface area (Å²) < 4.78 is 33.9. The van der Waals surface area contributed by atoms with Crippen LogP contribution in [0.15, 0.2) is 35.1 Å². The predicted molar refractivity (Wildman–Crippen MR) is 80.5 cm³/mol. The second kappa shape index (κ2) is 5.16. The molecule has 23 heavy (non-hydrogen) atoms. The third-order valence-electron chi connectivity index (χ3n) is 4.00. The van der Waals surface area contributed by atoms with E-state index < -0.39 is 23.0 Å².